The number of carboxylic acid groups (broad SMARTS) is 1. The average molecular weight is 323 g/mol. The summed E-state index contributed by atoms with van der Waals surface area (Å²) in [6.45, 7) is -2.97. The van der Waals surface area contributed by atoms with E-state index in [-0.39, 0.29) is 12.2 Å². The van der Waals surface area contributed by atoms with Crippen molar-refractivity contribution in [3.63, 3.8) is 0 Å². The third-order valence-corrected chi connectivity index (χ3v) is 2.56. The van der Waals surface area contributed by atoms with E-state index in [9.17, 15) is 27.2 Å². The number of halogens is 4. The molecule has 0 saturated heterocycles. The van der Waals surface area contributed by atoms with Gasteiger partial charge in [-0.2, -0.15) is 8.78 Å². The van der Waals surface area contributed by atoms with Gasteiger partial charge < -0.3 is 15.2 Å². The van der Waals surface area contributed by atoms with E-state index in [1.54, 1.807) is 0 Å². The highest BCUT2D eigenvalue weighted by Crippen LogP contribution is 2.15. The first-order valence-electron chi connectivity index (χ1n) is 6.12. The predicted molar refractivity (Wildman–Crippen MR) is 67.0 cm³/mol. The van der Waals surface area contributed by atoms with E-state index in [0.717, 1.165) is 0 Å². The summed E-state index contributed by atoms with van der Waals surface area (Å²) >= 11 is 0. The molecule has 1 atom stereocenters. The summed E-state index contributed by atoms with van der Waals surface area (Å²) in [4.78, 5) is 22.3. The molecule has 9 heteroatoms. The molecule has 22 heavy (non-hydrogen) atoms. The van der Waals surface area contributed by atoms with Crippen molar-refractivity contribution in [1.29, 1.82) is 0 Å². The molecular formula is C13H13F4NO4. The minimum absolute atomic E-state index is 0.0970. The Morgan fingerprint density at radius 3 is 2.18 bits per heavy atom. The van der Waals surface area contributed by atoms with Gasteiger partial charge in [0.2, 0.25) is 12.3 Å². The van der Waals surface area contributed by atoms with Crippen LogP contribution >= 0.6 is 0 Å². The third kappa shape index (κ3) is 6.42. The Bertz CT molecular complexity index is 507. The van der Waals surface area contributed by atoms with E-state index in [1.807, 2.05) is 5.32 Å². The number of hydrogen-bond donors (Lipinski definition) is 2. The first kappa shape index (κ1) is 17.7. The zero-order valence-corrected chi connectivity index (χ0v) is 11.1. The summed E-state index contributed by atoms with van der Waals surface area (Å²) in [6, 6.07) is 3.40. The van der Waals surface area contributed by atoms with Crippen molar-refractivity contribution in [3.8, 4) is 5.75 Å². The molecule has 5 nitrogen and oxygen atoms in total. The first-order valence-corrected chi connectivity index (χ1v) is 6.12. The Balaban J connectivity index is 2.58. The highest BCUT2D eigenvalue weighted by molar-refractivity contribution is 5.84. The van der Waals surface area contributed by atoms with Crippen molar-refractivity contribution >= 4 is 11.9 Å². The van der Waals surface area contributed by atoms with Crippen molar-refractivity contribution in [3.05, 3.63) is 29.8 Å². The standard InChI is InChI=1S/C13H13F4NO4/c14-10(15)6-9(12(20)21)18-11(19)5-7-1-3-8(4-2-7)22-13(16)17/h1-4,9-10,13H,5-6H2,(H,18,19)(H,20,21). The summed E-state index contributed by atoms with van der Waals surface area (Å²) < 4.78 is 52.4. The van der Waals surface area contributed by atoms with Crippen molar-refractivity contribution in [2.75, 3.05) is 0 Å². The minimum Gasteiger partial charge on any atom is -0.480 e. The zero-order chi connectivity index (χ0) is 16.7. The minimum atomic E-state index is -2.97. The maximum absolute atomic E-state index is 12.2. The van der Waals surface area contributed by atoms with Crippen LogP contribution in [0.15, 0.2) is 24.3 Å². The molecular weight excluding hydrogens is 310 g/mol. The van der Waals surface area contributed by atoms with E-state index in [4.69, 9.17) is 5.11 Å². The van der Waals surface area contributed by atoms with Gasteiger partial charge >= 0.3 is 12.6 Å². The molecule has 1 amide bonds. The number of amides is 1. The molecule has 0 aliphatic carbocycles. The van der Waals surface area contributed by atoms with Crippen LogP contribution < -0.4 is 10.1 Å². The van der Waals surface area contributed by atoms with Crippen molar-refractivity contribution in [2.45, 2.75) is 31.9 Å². The van der Waals surface area contributed by atoms with E-state index in [2.05, 4.69) is 4.74 Å². The second-order valence-corrected chi connectivity index (χ2v) is 4.28. The highest BCUT2D eigenvalue weighted by Gasteiger charge is 2.24. The van der Waals surface area contributed by atoms with Gasteiger partial charge in [0, 0.05) is 6.42 Å². The Kier molecular flexibility index (Phi) is 6.61. The van der Waals surface area contributed by atoms with Crippen LogP contribution in [0.25, 0.3) is 0 Å². The number of nitrogens with one attached hydrogen (secondary N) is 1. The SMILES string of the molecule is O=C(Cc1ccc(OC(F)F)cc1)NC(CC(F)F)C(=O)O. The van der Waals surface area contributed by atoms with Gasteiger partial charge in [-0.25, -0.2) is 13.6 Å². The number of carbonyl (C=O) groups excluding carboxylic acids is 1. The molecule has 0 saturated carbocycles. The van der Waals surface area contributed by atoms with Crippen LogP contribution in [-0.2, 0) is 16.0 Å². The lowest BCUT2D eigenvalue weighted by molar-refractivity contribution is -0.142. The number of ether oxygens (including phenoxy) is 1. The molecule has 0 fully saturated rings. The van der Waals surface area contributed by atoms with Gasteiger partial charge in [0.15, 0.2) is 0 Å². The number of carbonyl (C=O) groups is 2. The molecule has 0 aromatic heterocycles. The van der Waals surface area contributed by atoms with E-state index < -0.39 is 37.4 Å². The van der Waals surface area contributed by atoms with Gasteiger partial charge in [0.1, 0.15) is 11.8 Å². The quantitative estimate of drug-likeness (QED) is 0.718. The second kappa shape index (κ2) is 8.20. The lowest BCUT2D eigenvalue weighted by atomic mass is 10.1. The van der Waals surface area contributed by atoms with Gasteiger partial charge in [0.05, 0.1) is 6.42 Å². The molecule has 0 aliphatic heterocycles. The van der Waals surface area contributed by atoms with E-state index in [0.29, 0.717) is 5.56 Å². The lowest BCUT2D eigenvalue weighted by Gasteiger charge is -2.14. The topological polar surface area (TPSA) is 75.6 Å². The molecule has 0 aliphatic rings. The Morgan fingerprint density at radius 2 is 1.73 bits per heavy atom. The normalized spacial score (nSPS) is 12.3. The van der Waals surface area contributed by atoms with E-state index in [1.165, 1.54) is 24.3 Å². The smallest absolute Gasteiger partial charge is 0.387 e. The Hall–Kier alpha value is -2.32. The maximum atomic E-state index is 12.2. The van der Waals surface area contributed by atoms with E-state index >= 15 is 0 Å². The van der Waals surface area contributed by atoms with Gasteiger partial charge in [-0.15, -0.1) is 0 Å². The fourth-order valence-electron chi connectivity index (χ4n) is 1.62. The number of rotatable bonds is 8. The third-order valence-electron chi connectivity index (χ3n) is 2.56. The summed E-state index contributed by atoms with van der Waals surface area (Å²) in [7, 11) is 0. The first-order chi connectivity index (χ1) is 10.3. The maximum Gasteiger partial charge on any atom is 0.387 e. The van der Waals surface area contributed by atoms with Crippen LogP contribution in [0.2, 0.25) is 0 Å². The fraction of sp³-hybridized carbons (Fsp3) is 0.385. The van der Waals surface area contributed by atoms with Crippen molar-refractivity contribution in [1.82, 2.24) is 5.32 Å². The van der Waals surface area contributed by atoms with Crippen LogP contribution in [0.1, 0.15) is 12.0 Å². The number of aliphatic carboxylic acids is 1. The number of benzene rings is 1. The van der Waals surface area contributed by atoms with Crippen LogP contribution in [0.3, 0.4) is 0 Å². The predicted octanol–water partition coefficient (Wildman–Crippen LogP) is 2.06. The summed E-state index contributed by atoms with van der Waals surface area (Å²) in [5.74, 6) is -2.43. The fourth-order valence-corrected chi connectivity index (χ4v) is 1.62. The summed E-state index contributed by atoms with van der Waals surface area (Å²) in [5, 5.41) is 10.7. The molecule has 122 valence electrons. The van der Waals surface area contributed by atoms with Crippen LogP contribution in [0, 0.1) is 0 Å². The van der Waals surface area contributed by atoms with Crippen molar-refractivity contribution in [2.24, 2.45) is 0 Å². The number of alkyl halides is 4. The van der Waals surface area contributed by atoms with Crippen LogP contribution in [0.4, 0.5) is 17.6 Å². The summed E-state index contributed by atoms with van der Waals surface area (Å²) in [6.07, 6.45) is -4.14. The van der Waals surface area contributed by atoms with Gasteiger partial charge in [-0.05, 0) is 17.7 Å². The van der Waals surface area contributed by atoms with Gasteiger partial charge in [-0.3, -0.25) is 4.79 Å². The number of hydrogen-bond acceptors (Lipinski definition) is 3. The van der Waals surface area contributed by atoms with Crippen LogP contribution in [-0.4, -0.2) is 36.1 Å². The Morgan fingerprint density at radius 1 is 1.14 bits per heavy atom. The monoisotopic (exact) mass is 323 g/mol. The van der Waals surface area contributed by atoms with Gasteiger partial charge in [0.25, 0.3) is 0 Å². The van der Waals surface area contributed by atoms with Gasteiger partial charge in [-0.1, -0.05) is 12.1 Å². The van der Waals surface area contributed by atoms with Crippen molar-refractivity contribution < 1.29 is 37.0 Å². The molecule has 0 radical (unpaired) electrons. The molecule has 0 bridgehead atoms. The second-order valence-electron chi connectivity index (χ2n) is 4.28. The molecule has 0 spiro atoms. The molecule has 2 N–H and O–H groups in total. The molecule has 1 unspecified atom stereocenters. The average Bonchev–Trinajstić information content (AvgIpc) is 2.39. The lowest BCUT2D eigenvalue weighted by Crippen LogP contribution is -2.42. The molecule has 1 aromatic rings. The van der Waals surface area contributed by atoms with Crippen LogP contribution in [0.5, 0.6) is 5.75 Å². The molecule has 0 heterocycles. The highest BCUT2D eigenvalue weighted by atomic mass is 19.3. The molecule has 1 aromatic carbocycles. The summed E-state index contributed by atoms with van der Waals surface area (Å²) in [5.41, 5.74) is 0.389. The number of carboxylic acids is 1. The Labute approximate surface area is 122 Å². The largest absolute Gasteiger partial charge is 0.480 e. The zero-order valence-electron chi connectivity index (χ0n) is 11.1. The molecule has 1 rings (SSSR count).